The van der Waals surface area contributed by atoms with Gasteiger partial charge in [-0.05, 0) is 21.9 Å². The van der Waals surface area contributed by atoms with Gasteiger partial charge in [-0.1, -0.05) is 6.07 Å². The van der Waals surface area contributed by atoms with Gasteiger partial charge in [-0.25, -0.2) is 4.68 Å². The highest BCUT2D eigenvalue weighted by Gasteiger charge is 2.18. The lowest BCUT2D eigenvalue weighted by Gasteiger charge is -2.27. The van der Waals surface area contributed by atoms with Crippen molar-refractivity contribution < 1.29 is 4.79 Å². The number of aromatic nitrogens is 4. The van der Waals surface area contributed by atoms with E-state index < -0.39 is 0 Å². The zero-order chi connectivity index (χ0) is 13.8. The summed E-state index contributed by atoms with van der Waals surface area (Å²) in [5.74, 6) is 0.808. The van der Waals surface area contributed by atoms with Crippen molar-refractivity contribution in [2.24, 2.45) is 0 Å². The molecule has 0 unspecified atom stereocenters. The molecule has 0 aliphatic carbocycles. The number of nitrogens with zero attached hydrogens (tertiary/aromatic N) is 5. The average Bonchev–Trinajstić information content (AvgIpc) is 3.13. The van der Waals surface area contributed by atoms with Gasteiger partial charge in [0.25, 0.3) is 0 Å². The molecule has 3 rings (SSSR count). The third-order valence-electron chi connectivity index (χ3n) is 3.27. The zero-order valence-corrected chi connectivity index (χ0v) is 11.8. The van der Waals surface area contributed by atoms with Gasteiger partial charge in [-0.2, -0.15) is 0 Å². The molecule has 0 saturated carbocycles. The second-order valence-electron chi connectivity index (χ2n) is 4.64. The third-order valence-corrected chi connectivity index (χ3v) is 4.15. The lowest BCUT2D eigenvalue weighted by atomic mass is 10.3. The van der Waals surface area contributed by atoms with Gasteiger partial charge in [-0.15, -0.1) is 16.4 Å². The fourth-order valence-electron chi connectivity index (χ4n) is 2.18. The Hall–Kier alpha value is -1.80. The number of hydrogen-bond donors (Lipinski definition) is 1. The summed E-state index contributed by atoms with van der Waals surface area (Å²) in [6.07, 6.45) is 0.666. The van der Waals surface area contributed by atoms with Gasteiger partial charge < -0.3 is 10.2 Å². The first-order valence-electron chi connectivity index (χ1n) is 6.59. The Balaban J connectivity index is 1.65. The molecule has 0 bridgehead atoms. The second-order valence-corrected chi connectivity index (χ2v) is 5.67. The Bertz CT molecular complexity index is 560. The summed E-state index contributed by atoms with van der Waals surface area (Å²) < 4.78 is 1.60. The molecule has 106 valence electrons. The topological polar surface area (TPSA) is 75.9 Å². The molecule has 1 fully saturated rings. The normalized spacial score (nSPS) is 15.5. The fourth-order valence-corrected chi connectivity index (χ4v) is 2.89. The number of rotatable bonds is 4. The highest BCUT2D eigenvalue weighted by atomic mass is 32.1. The van der Waals surface area contributed by atoms with Crippen LogP contribution < -0.4 is 5.32 Å². The smallest absolute Gasteiger partial charge is 0.244 e. The van der Waals surface area contributed by atoms with Crippen LogP contribution in [0, 0.1) is 0 Å². The third kappa shape index (κ3) is 3.02. The summed E-state index contributed by atoms with van der Waals surface area (Å²) in [5, 5.41) is 16.9. The Labute approximate surface area is 120 Å². The molecule has 0 spiro atoms. The maximum atomic E-state index is 12.2. The highest BCUT2D eigenvalue weighted by Crippen LogP contribution is 2.12. The van der Waals surface area contributed by atoms with Crippen LogP contribution in [0.1, 0.15) is 10.7 Å². The Kier molecular flexibility index (Phi) is 4.03. The van der Waals surface area contributed by atoms with Crippen LogP contribution >= 0.6 is 11.3 Å². The first-order chi connectivity index (χ1) is 9.83. The van der Waals surface area contributed by atoms with Crippen molar-refractivity contribution >= 4 is 17.2 Å². The molecule has 8 heteroatoms. The van der Waals surface area contributed by atoms with Gasteiger partial charge in [0.15, 0.2) is 5.82 Å². The molecule has 20 heavy (non-hydrogen) atoms. The van der Waals surface area contributed by atoms with E-state index in [4.69, 9.17) is 0 Å². The van der Waals surface area contributed by atoms with E-state index in [0.717, 1.165) is 32.0 Å². The van der Waals surface area contributed by atoms with Gasteiger partial charge >= 0.3 is 0 Å². The van der Waals surface area contributed by atoms with Crippen molar-refractivity contribution in [3.05, 3.63) is 28.2 Å². The summed E-state index contributed by atoms with van der Waals surface area (Å²) >= 11 is 1.66. The van der Waals surface area contributed by atoms with Gasteiger partial charge in [-0.3, -0.25) is 4.79 Å². The van der Waals surface area contributed by atoms with Gasteiger partial charge in [0.05, 0.1) is 0 Å². The Morgan fingerprint density at radius 1 is 1.40 bits per heavy atom. The molecular weight excluding hydrogens is 276 g/mol. The van der Waals surface area contributed by atoms with Crippen molar-refractivity contribution in [3.63, 3.8) is 0 Å². The highest BCUT2D eigenvalue weighted by molar-refractivity contribution is 7.09. The van der Waals surface area contributed by atoms with E-state index in [1.165, 1.54) is 4.88 Å². The number of thiophene rings is 1. The number of hydrogen-bond acceptors (Lipinski definition) is 6. The van der Waals surface area contributed by atoms with E-state index >= 15 is 0 Å². The lowest BCUT2D eigenvalue weighted by molar-refractivity contribution is -0.132. The second kappa shape index (κ2) is 6.10. The van der Waals surface area contributed by atoms with E-state index in [0.29, 0.717) is 6.42 Å². The number of tetrazole rings is 1. The minimum absolute atomic E-state index is 0.0752. The number of carbonyl (C=O) groups is 1. The van der Waals surface area contributed by atoms with Crippen LogP contribution in [0.5, 0.6) is 0 Å². The minimum atomic E-state index is 0.0752. The maximum absolute atomic E-state index is 12.2. The number of nitrogens with one attached hydrogen (secondary N) is 1. The summed E-state index contributed by atoms with van der Waals surface area (Å²) in [5.41, 5.74) is 0. The molecule has 1 N–H and O–H groups in total. The predicted molar refractivity (Wildman–Crippen MR) is 74.4 cm³/mol. The number of amides is 1. The van der Waals surface area contributed by atoms with Gasteiger partial charge in [0, 0.05) is 37.5 Å². The molecular formula is C12H16N6OS. The molecule has 2 aromatic heterocycles. The Morgan fingerprint density at radius 3 is 3.00 bits per heavy atom. The van der Waals surface area contributed by atoms with Crippen LogP contribution in [0.15, 0.2) is 17.5 Å². The predicted octanol–water partition coefficient (Wildman–Crippen LogP) is -0.243. The molecule has 2 aromatic rings. The minimum Gasteiger partial charge on any atom is -0.339 e. The monoisotopic (exact) mass is 292 g/mol. The first-order valence-corrected chi connectivity index (χ1v) is 7.47. The number of carbonyl (C=O) groups excluding carboxylic acids is 1. The van der Waals surface area contributed by atoms with E-state index in [1.807, 2.05) is 22.4 Å². The summed E-state index contributed by atoms with van der Waals surface area (Å²) in [7, 11) is 0. The molecule has 1 amide bonds. The van der Waals surface area contributed by atoms with Gasteiger partial charge in [0.2, 0.25) is 5.91 Å². The van der Waals surface area contributed by atoms with E-state index in [-0.39, 0.29) is 12.5 Å². The molecule has 1 aliphatic heterocycles. The zero-order valence-electron chi connectivity index (χ0n) is 11.0. The number of piperazine rings is 1. The van der Waals surface area contributed by atoms with Crippen LogP contribution in [0.2, 0.25) is 0 Å². The maximum Gasteiger partial charge on any atom is 0.244 e. The Morgan fingerprint density at radius 2 is 2.25 bits per heavy atom. The van der Waals surface area contributed by atoms with Crippen molar-refractivity contribution in [3.8, 4) is 0 Å². The van der Waals surface area contributed by atoms with E-state index in [1.54, 1.807) is 16.0 Å². The van der Waals surface area contributed by atoms with Crippen LogP contribution in [0.4, 0.5) is 0 Å². The molecule has 0 radical (unpaired) electrons. The van der Waals surface area contributed by atoms with Crippen LogP contribution in [-0.4, -0.2) is 57.2 Å². The largest absolute Gasteiger partial charge is 0.339 e. The van der Waals surface area contributed by atoms with Crippen molar-refractivity contribution in [1.82, 2.24) is 30.4 Å². The van der Waals surface area contributed by atoms with Crippen LogP contribution in [0.25, 0.3) is 0 Å². The van der Waals surface area contributed by atoms with Crippen molar-refractivity contribution in [2.45, 2.75) is 13.0 Å². The molecule has 7 nitrogen and oxygen atoms in total. The standard InChI is InChI=1S/C12H16N6OS/c19-12(17-5-3-13-4-6-17)9-18-11(14-15-16-18)8-10-2-1-7-20-10/h1-2,7,13H,3-6,8-9H2. The lowest BCUT2D eigenvalue weighted by Crippen LogP contribution is -2.47. The van der Waals surface area contributed by atoms with Crippen molar-refractivity contribution in [1.29, 1.82) is 0 Å². The summed E-state index contributed by atoms with van der Waals surface area (Å²) in [6, 6.07) is 4.04. The molecule has 1 aliphatic rings. The van der Waals surface area contributed by atoms with E-state index in [9.17, 15) is 4.79 Å². The summed E-state index contributed by atoms with van der Waals surface area (Å²) in [6.45, 7) is 3.42. The molecule has 3 heterocycles. The van der Waals surface area contributed by atoms with E-state index in [2.05, 4.69) is 20.8 Å². The SMILES string of the molecule is O=C(Cn1nnnc1Cc1cccs1)N1CCNCC1. The fraction of sp³-hybridized carbons (Fsp3) is 0.500. The quantitative estimate of drug-likeness (QED) is 0.841. The van der Waals surface area contributed by atoms with Gasteiger partial charge in [0.1, 0.15) is 6.54 Å². The summed E-state index contributed by atoms with van der Waals surface area (Å²) in [4.78, 5) is 15.2. The average molecular weight is 292 g/mol. The molecule has 0 aromatic carbocycles. The first kappa shape index (κ1) is 13.2. The van der Waals surface area contributed by atoms with Crippen LogP contribution in [0.3, 0.4) is 0 Å². The van der Waals surface area contributed by atoms with Crippen LogP contribution in [-0.2, 0) is 17.8 Å². The van der Waals surface area contributed by atoms with Crippen molar-refractivity contribution in [2.75, 3.05) is 26.2 Å². The molecule has 1 saturated heterocycles. The molecule has 0 atom stereocenters.